The van der Waals surface area contributed by atoms with Crippen LogP contribution in [-0.4, -0.2) is 5.91 Å². The molecule has 0 spiro atoms. The first-order chi connectivity index (χ1) is 5.29. The number of carbonyl (C=O) groups excluding carboxylic acids is 1. The summed E-state index contributed by atoms with van der Waals surface area (Å²) in [4.78, 5) is 10.9. The van der Waals surface area contributed by atoms with E-state index in [4.69, 9.17) is 5.84 Å². The first-order valence-corrected chi connectivity index (χ1v) is 4.30. The van der Waals surface area contributed by atoms with Crippen molar-refractivity contribution in [2.24, 2.45) is 17.7 Å². The van der Waals surface area contributed by atoms with E-state index in [0.717, 1.165) is 6.42 Å². The molecule has 64 valence electrons. The molecular formula is C8H16N2O. The molecule has 0 aromatic rings. The minimum absolute atomic E-state index is 0.0195. The minimum Gasteiger partial charge on any atom is -0.294 e. The topological polar surface area (TPSA) is 55.1 Å². The quantitative estimate of drug-likeness (QED) is 0.359. The van der Waals surface area contributed by atoms with E-state index in [2.05, 4.69) is 12.3 Å². The van der Waals surface area contributed by atoms with Gasteiger partial charge in [0, 0.05) is 5.92 Å². The van der Waals surface area contributed by atoms with E-state index >= 15 is 0 Å². The minimum atomic E-state index is 0.0195. The van der Waals surface area contributed by atoms with Crippen molar-refractivity contribution in [3.8, 4) is 0 Å². The second-order valence-electron chi connectivity index (χ2n) is 3.25. The van der Waals surface area contributed by atoms with Gasteiger partial charge >= 0.3 is 0 Å². The van der Waals surface area contributed by atoms with Crippen molar-refractivity contribution in [1.29, 1.82) is 0 Å². The van der Waals surface area contributed by atoms with Crippen LogP contribution < -0.4 is 11.3 Å². The highest BCUT2D eigenvalue weighted by molar-refractivity contribution is 5.80. The molecule has 0 heterocycles. The van der Waals surface area contributed by atoms with Crippen LogP contribution in [0.3, 0.4) is 0 Å². The molecule has 3 N–H and O–H groups in total. The third-order valence-electron chi connectivity index (χ3n) is 2.33. The summed E-state index contributed by atoms with van der Waals surface area (Å²) >= 11 is 0. The van der Waals surface area contributed by atoms with E-state index in [1.807, 2.05) is 0 Å². The van der Waals surface area contributed by atoms with Crippen molar-refractivity contribution in [3.05, 3.63) is 0 Å². The summed E-state index contributed by atoms with van der Waals surface area (Å²) < 4.78 is 0. The Morgan fingerprint density at radius 3 is 3.00 bits per heavy atom. The number of rotatable bonds is 4. The fourth-order valence-electron chi connectivity index (χ4n) is 1.46. The summed E-state index contributed by atoms with van der Waals surface area (Å²) in [6.07, 6.45) is 4.68. The van der Waals surface area contributed by atoms with Crippen molar-refractivity contribution in [1.82, 2.24) is 5.43 Å². The molecule has 0 bridgehead atoms. The molecule has 0 aromatic heterocycles. The SMILES string of the molecule is CCCC[C@H]1C[C@@H]1C(=O)NN. The van der Waals surface area contributed by atoms with E-state index in [9.17, 15) is 4.79 Å². The molecule has 11 heavy (non-hydrogen) atoms. The summed E-state index contributed by atoms with van der Waals surface area (Å²) in [5, 5.41) is 0. The Balaban J connectivity index is 2.11. The van der Waals surface area contributed by atoms with Crippen LogP contribution >= 0.6 is 0 Å². The lowest BCUT2D eigenvalue weighted by Crippen LogP contribution is -2.31. The van der Waals surface area contributed by atoms with Crippen LogP contribution in [0.25, 0.3) is 0 Å². The van der Waals surface area contributed by atoms with Gasteiger partial charge < -0.3 is 0 Å². The monoisotopic (exact) mass is 156 g/mol. The van der Waals surface area contributed by atoms with Crippen LogP contribution in [0.5, 0.6) is 0 Å². The molecule has 0 aliphatic heterocycles. The average molecular weight is 156 g/mol. The number of hydrazine groups is 1. The van der Waals surface area contributed by atoms with E-state index in [1.165, 1.54) is 19.3 Å². The molecule has 1 aliphatic rings. The number of hydrogen-bond acceptors (Lipinski definition) is 2. The lowest BCUT2D eigenvalue weighted by molar-refractivity contribution is -0.122. The standard InChI is InChI=1S/C8H16N2O/c1-2-3-4-6-5-7(6)8(11)10-9/h6-7H,2-5,9H2,1H3,(H,10,11)/t6-,7-/m0/s1. The first-order valence-electron chi connectivity index (χ1n) is 4.30. The summed E-state index contributed by atoms with van der Waals surface area (Å²) in [5.41, 5.74) is 2.19. The molecule has 1 aliphatic carbocycles. The Kier molecular flexibility index (Phi) is 2.88. The highest BCUT2D eigenvalue weighted by atomic mass is 16.2. The molecule has 3 heteroatoms. The smallest absolute Gasteiger partial charge is 0.237 e. The van der Waals surface area contributed by atoms with Gasteiger partial charge in [0.05, 0.1) is 0 Å². The molecule has 0 unspecified atom stereocenters. The molecule has 0 aromatic carbocycles. The zero-order valence-electron chi connectivity index (χ0n) is 6.97. The van der Waals surface area contributed by atoms with Crippen LogP contribution in [0.15, 0.2) is 0 Å². The van der Waals surface area contributed by atoms with Crippen molar-refractivity contribution >= 4 is 5.91 Å². The summed E-state index contributed by atoms with van der Waals surface area (Å²) in [6, 6.07) is 0. The van der Waals surface area contributed by atoms with Gasteiger partial charge in [-0.2, -0.15) is 0 Å². The number of nitrogens with one attached hydrogen (secondary N) is 1. The van der Waals surface area contributed by atoms with Crippen molar-refractivity contribution < 1.29 is 4.79 Å². The number of unbranched alkanes of at least 4 members (excludes halogenated alkanes) is 1. The Morgan fingerprint density at radius 1 is 1.73 bits per heavy atom. The maximum atomic E-state index is 10.9. The zero-order valence-corrected chi connectivity index (χ0v) is 6.97. The lowest BCUT2D eigenvalue weighted by atomic mass is 10.1. The Morgan fingerprint density at radius 2 is 2.45 bits per heavy atom. The Hall–Kier alpha value is -0.570. The van der Waals surface area contributed by atoms with Crippen LogP contribution in [-0.2, 0) is 4.79 Å². The van der Waals surface area contributed by atoms with E-state index in [1.54, 1.807) is 0 Å². The number of carbonyl (C=O) groups is 1. The van der Waals surface area contributed by atoms with E-state index in [-0.39, 0.29) is 11.8 Å². The van der Waals surface area contributed by atoms with Gasteiger partial charge in [-0.1, -0.05) is 19.8 Å². The van der Waals surface area contributed by atoms with Crippen molar-refractivity contribution in [2.75, 3.05) is 0 Å². The second kappa shape index (κ2) is 3.72. The van der Waals surface area contributed by atoms with Gasteiger partial charge in [0.25, 0.3) is 0 Å². The van der Waals surface area contributed by atoms with Crippen LogP contribution in [0.2, 0.25) is 0 Å². The Bertz CT molecular complexity index is 147. The number of hydrogen-bond donors (Lipinski definition) is 2. The van der Waals surface area contributed by atoms with Crippen LogP contribution in [0.1, 0.15) is 32.6 Å². The Labute approximate surface area is 67.3 Å². The van der Waals surface area contributed by atoms with E-state index in [0.29, 0.717) is 5.92 Å². The van der Waals surface area contributed by atoms with Crippen LogP contribution in [0, 0.1) is 11.8 Å². The largest absolute Gasteiger partial charge is 0.294 e. The highest BCUT2D eigenvalue weighted by Gasteiger charge is 2.41. The lowest BCUT2D eigenvalue weighted by Gasteiger charge is -1.96. The molecule has 2 atom stereocenters. The molecule has 0 radical (unpaired) electrons. The zero-order chi connectivity index (χ0) is 8.27. The molecule has 0 saturated heterocycles. The summed E-state index contributed by atoms with van der Waals surface area (Å²) in [7, 11) is 0. The summed E-state index contributed by atoms with van der Waals surface area (Å²) in [5.74, 6) is 5.88. The fourth-order valence-corrected chi connectivity index (χ4v) is 1.46. The maximum Gasteiger partial charge on any atom is 0.237 e. The van der Waals surface area contributed by atoms with Crippen molar-refractivity contribution in [3.63, 3.8) is 0 Å². The summed E-state index contributed by atoms with van der Waals surface area (Å²) in [6.45, 7) is 2.17. The normalized spacial score (nSPS) is 28.2. The third-order valence-corrected chi connectivity index (χ3v) is 2.33. The maximum absolute atomic E-state index is 10.9. The highest BCUT2D eigenvalue weighted by Crippen LogP contribution is 2.42. The number of amides is 1. The van der Waals surface area contributed by atoms with Crippen molar-refractivity contribution in [2.45, 2.75) is 32.6 Å². The third kappa shape index (κ3) is 2.19. The predicted molar refractivity (Wildman–Crippen MR) is 43.5 cm³/mol. The van der Waals surface area contributed by atoms with Crippen LogP contribution in [0.4, 0.5) is 0 Å². The average Bonchev–Trinajstić information content (AvgIpc) is 2.78. The molecule has 1 rings (SSSR count). The first kappa shape index (κ1) is 8.53. The van der Waals surface area contributed by atoms with E-state index < -0.39 is 0 Å². The van der Waals surface area contributed by atoms with Gasteiger partial charge in [0.15, 0.2) is 0 Å². The second-order valence-corrected chi connectivity index (χ2v) is 3.25. The number of nitrogens with two attached hydrogens (primary N) is 1. The van der Waals surface area contributed by atoms with Gasteiger partial charge in [-0.15, -0.1) is 0 Å². The van der Waals surface area contributed by atoms with Gasteiger partial charge in [0.1, 0.15) is 0 Å². The molecular weight excluding hydrogens is 140 g/mol. The molecule has 1 saturated carbocycles. The van der Waals surface area contributed by atoms with Gasteiger partial charge in [-0.3, -0.25) is 10.2 Å². The fraction of sp³-hybridized carbons (Fsp3) is 0.875. The van der Waals surface area contributed by atoms with Gasteiger partial charge in [0.2, 0.25) is 5.91 Å². The van der Waals surface area contributed by atoms with Gasteiger partial charge in [-0.05, 0) is 18.8 Å². The van der Waals surface area contributed by atoms with Gasteiger partial charge in [-0.25, -0.2) is 5.84 Å². The molecule has 1 amide bonds. The molecule has 3 nitrogen and oxygen atoms in total. The predicted octanol–water partition coefficient (Wildman–Crippen LogP) is 0.803. The molecule has 1 fully saturated rings.